The Morgan fingerprint density at radius 2 is 1.81 bits per heavy atom. The molecule has 0 radical (unpaired) electrons. The average Bonchev–Trinajstić information content (AvgIpc) is 2.85. The predicted molar refractivity (Wildman–Crippen MR) is 138 cm³/mol. The maximum absolute atomic E-state index is 12.4. The molecule has 11 nitrogen and oxygen atoms in total. The van der Waals surface area contributed by atoms with Crippen molar-refractivity contribution < 1.29 is 24.5 Å². The highest BCUT2D eigenvalue weighted by Crippen LogP contribution is 2.36. The minimum Gasteiger partial charge on any atom is -0.502 e. The molecular formula is C26H34N4O7. The minimum atomic E-state index is -0.863. The van der Waals surface area contributed by atoms with Gasteiger partial charge in [0.05, 0.1) is 22.0 Å². The van der Waals surface area contributed by atoms with Gasteiger partial charge in [-0.1, -0.05) is 39.3 Å². The minimum absolute atomic E-state index is 0.0269. The van der Waals surface area contributed by atoms with Crippen molar-refractivity contribution >= 4 is 23.0 Å². The van der Waals surface area contributed by atoms with Crippen molar-refractivity contribution in [3.63, 3.8) is 0 Å². The average molecular weight is 515 g/mol. The molecule has 2 aromatic rings. The highest BCUT2D eigenvalue weighted by Gasteiger charge is 2.31. The van der Waals surface area contributed by atoms with Gasteiger partial charge in [0.15, 0.2) is 5.75 Å². The number of anilines is 1. The van der Waals surface area contributed by atoms with E-state index in [4.69, 9.17) is 4.74 Å². The summed E-state index contributed by atoms with van der Waals surface area (Å²) in [4.78, 5) is 32.9. The Bertz CT molecular complexity index is 1120. The van der Waals surface area contributed by atoms with Gasteiger partial charge >= 0.3 is 5.69 Å². The molecule has 200 valence electrons. The summed E-state index contributed by atoms with van der Waals surface area (Å²) in [5.74, 6) is 0.798. The maximum Gasteiger partial charge on any atom is 0.317 e. The third kappa shape index (κ3) is 7.63. The molecule has 3 rings (SSSR count). The Kier molecular flexibility index (Phi) is 9.40. The first-order chi connectivity index (χ1) is 17.5. The van der Waals surface area contributed by atoms with Gasteiger partial charge in [0.2, 0.25) is 5.91 Å². The summed E-state index contributed by atoms with van der Waals surface area (Å²) in [6, 6.07) is 8.92. The van der Waals surface area contributed by atoms with Gasteiger partial charge in [0, 0.05) is 30.4 Å². The van der Waals surface area contributed by atoms with Crippen molar-refractivity contribution in [1.82, 2.24) is 5.32 Å². The largest absolute Gasteiger partial charge is 0.502 e. The molecule has 11 heteroatoms. The second kappa shape index (κ2) is 12.5. The second-order valence-corrected chi connectivity index (χ2v) is 9.99. The number of ether oxygens (including phenoxy) is 1. The quantitative estimate of drug-likeness (QED) is 0.282. The van der Waals surface area contributed by atoms with Crippen LogP contribution in [-0.4, -0.2) is 33.6 Å². The number of non-ortho nitro benzene ring substituents is 1. The summed E-state index contributed by atoms with van der Waals surface area (Å²) in [5, 5.41) is 38.2. The number of aromatic hydroxyl groups is 1. The topological polar surface area (TPSA) is 157 Å². The Morgan fingerprint density at radius 3 is 2.43 bits per heavy atom. The van der Waals surface area contributed by atoms with E-state index in [2.05, 4.69) is 31.4 Å². The highest BCUT2D eigenvalue weighted by molar-refractivity contribution is 5.77. The molecule has 0 bridgehead atoms. The number of benzene rings is 2. The molecule has 0 aromatic heterocycles. The highest BCUT2D eigenvalue weighted by atomic mass is 16.6. The number of amides is 1. The van der Waals surface area contributed by atoms with Crippen LogP contribution >= 0.6 is 0 Å². The summed E-state index contributed by atoms with van der Waals surface area (Å²) in [6.07, 6.45) is 3.41. The summed E-state index contributed by atoms with van der Waals surface area (Å²) in [5.41, 5.74) is 0.328. The van der Waals surface area contributed by atoms with Crippen molar-refractivity contribution in [2.24, 2.45) is 17.8 Å². The number of hydrogen-bond acceptors (Lipinski definition) is 8. The van der Waals surface area contributed by atoms with Crippen LogP contribution in [0.5, 0.6) is 5.75 Å². The van der Waals surface area contributed by atoms with Crippen molar-refractivity contribution in [3.8, 4) is 5.75 Å². The standard InChI is InChI=1S/C26H34N4O7/c1-16(2)22-9-4-17(3)10-24(22)37-15-25(31)28-13-18-5-7-20(8-6-18)27-14-19-11-21(29(33)34)12-23(26(19)32)30(35)36/h5-8,11-12,16-17,22,24,27,32H,4,9-10,13-15H2,1-3H3,(H,28,31). The molecular weight excluding hydrogens is 480 g/mol. The molecule has 1 aliphatic carbocycles. The van der Waals surface area contributed by atoms with Crippen molar-refractivity contribution in [3.05, 3.63) is 67.8 Å². The lowest BCUT2D eigenvalue weighted by molar-refractivity contribution is -0.394. The van der Waals surface area contributed by atoms with E-state index in [9.17, 15) is 30.1 Å². The fourth-order valence-electron chi connectivity index (χ4n) is 4.72. The molecule has 1 fully saturated rings. The molecule has 3 atom stereocenters. The van der Waals surface area contributed by atoms with Gasteiger partial charge in [-0.2, -0.15) is 0 Å². The van der Waals surface area contributed by atoms with Gasteiger partial charge < -0.3 is 20.5 Å². The number of nitro groups is 2. The molecule has 1 saturated carbocycles. The smallest absolute Gasteiger partial charge is 0.317 e. The van der Waals surface area contributed by atoms with Crippen LogP contribution in [0.3, 0.4) is 0 Å². The van der Waals surface area contributed by atoms with Crippen LogP contribution in [0.4, 0.5) is 17.1 Å². The third-order valence-electron chi connectivity index (χ3n) is 6.88. The van der Waals surface area contributed by atoms with E-state index in [1.807, 2.05) is 0 Å². The van der Waals surface area contributed by atoms with Gasteiger partial charge in [-0.05, 0) is 48.3 Å². The van der Waals surface area contributed by atoms with Crippen LogP contribution in [0.25, 0.3) is 0 Å². The van der Waals surface area contributed by atoms with Gasteiger partial charge in [-0.25, -0.2) is 0 Å². The first kappa shape index (κ1) is 27.9. The molecule has 2 aromatic carbocycles. The number of hydrogen-bond donors (Lipinski definition) is 3. The van der Waals surface area contributed by atoms with Gasteiger partial charge in [-0.15, -0.1) is 0 Å². The number of carbonyl (C=O) groups is 1. The number of nitrogens with zero attached hydrogens (tertiary/aromatic N) is 2. The number of nitrogens with one attached hydrogen (secondary N) is 2. The van der Waals surface area contributed by atoms with Crippen LogP contribution in [0.15, 0.2) is 36.4 Å². The summed E-state index contributed by atoms with van der Waals surface area (Å²) >= 11 is 0. The summed E-state index contributed by atoms with van der Waals surface area (Å²) in [6.45, 7) is 6.92. The van der Waals surface area contributed by atoms with Crippen molar-refractivity contribution in [2.75, 3.05) is 11.9 Å². The normalized spacial score (nSPS) is 19.4. The van der Waals surface area contributed by atoms with E-state index in [1.54, 1.807) is 24.3 Å². The summed E-state index contributed by atoms with van der Waals surface area (Å²) in [7, 11) is 0. The van der Waals surface area contributed by atoms with Crippen LogP contribution < -0.4 is 10.6 Å². The predicted octanol–water partition coefficient (Wildman–Crippen LogP) is 4.91. The Hall–Kier alpha value is -3.73. The lowest BCUT2D eigenvalue weighted by Gasteiger charge is -2.37. The van der Waals surface area contributed by atoms with E-state index in [-0.39, 0.29) is 30.7 Å². The zero-order valence-electron chi connectivity index (χ0n) is 21.3. The van der Waals surface area contributed by atoms with E-state index in [0.717, 1.165) is 30.5 Å². The van der Waals surface area contributed by atoms with E-state index in [1.165, 1.54) is 6.42 Å². The number of phenolic OH excluding ortho intramolecular Hbond substituents is 1. The van der Waals surface area contributed by atoms with Crippen molar-refractivity contribution in [1.29, 1.82) is 0 Å². The fraction of sp³-hybridized carbons (Fsp3) is 0.500. The molecule has 3 N–H and O–H groups in total. The van der Waals surface area contributed by atoms with Gasteiger partial charge in [-0.3, -0.25) is 25.0 Å². The molecule has 0 saturated heterocycles. The van der Waals surface area contributed by atoms with E-state index in [0.29, 0.717) is 30.0 Å². The molecule has 1 aliphatic rings. The number of phenols is 1. The van der Waals surface area contributed by atoms with Crippen LogP contribution in [0.1, 0.15) is 51.2 Å². The Morgan fingerprint density at radius 1 is 1.11 bits per heavy atom. The number of carbonyl (C=O) groups excluding carboxylic acids is 1. The van der Waals surface area contributed by atoms with Gasteiger partial charge in [0.25, 0.3) is 5.69 Å². The lowest BCUT2D eigenvalue weighted by atomic mass is 9.75. The van der Waals surface area contributed by atoms with E-state index < -0.39 is 27.0 Å². The molecule has 0 heterocycles. The Labute approximate surface area is 215 Å². The molecule has 0 spiro atoms. The molecule has 3 unspecified atom stereocenters. The molecule has 1 amide bonds. The molecule has 37 heavy (non-hydrogen) atoms. The van der Waals surface area contributed by atoms with Crippen LogP contribution in [0, 0.1) is 38.0 Å². The van der Waals surface area contributed by atoms with Crippen molar-refractivity contribution in [2.45, 2.75) is 59.2 Å². The maximum atomic E-state index is 12.4. The monoisotopic (exact) mass is 514 g/mol. The second-order valence-electron chi connectivity index (χ2n) is 9.99. The Balaban J connectivity index is 1.51. The SMILES string of the molecule is CC1CCC(C(C)C)C(OCC(=O)NCc2ccc(NCc3cc([N+](=O)[O-])cc([N+](=O)[O-])c3O)cc2)C1. The fourth-order valence-corrected chi connectivity index (χ4v) is 4.72. The third-order valence-corrected chi connectivity index (χ3v) is 6.88. The first-order valence-corrected chi connectivity index (χ1v) is 12.4. The van der Waals surface area contributed by atoms with Gasteiger partial charge in [0.1, 0.15) is 6.61 Å². The zero-order valence-corrected chi connectivity index (χ0v) is 21.3. The van der Waals surface area contributed by atoms with E-state index >= 15 is 0 Å². The number of nitro benzene ring substituents is 2. The molecule has 0 aliphatic heterocycles. The zero-order chi connectivity index (χ0) is 27.1. The number of rotatable bonds is 11. The summed E-state index contributed by atoms with van der Waals surface area (Å²) < 4.78 is 6.00. The first-order valence-electron chi connectivity index (χ1n) is 12.4. The van der Waals surface area contributed by atoms with Crippen LogP contribution in [0.2, 0.25) is 0 Å². The van der Waals surface area contributed by atoms with Crippen LogP contribution in [-0.2, 0) is 22.6 Å². The lowest BCUT2D eigenvalue weighted by Crippen LogP contribution is -2.37.